The fourth-order valence-corrected chi connectivity index (χ4v) is 3.40. The summed E-state index contributed by atoms with van der Waals surface area (Å²) in [7, 11) is 0. The van der Waals surface area contributed by atoms with E-state index in [2.05, 4.69) is 24.6 Å². The molecule has 1 aliphatic carbocycles. The topological polar surface area (TPSA) is 70.6 Å². The maximum absolute atomic E-state index is 9.34. The molecule has 4 N–H and O–H groups in total. The van der Waals surface area contributed by atoms with Crippen molar-refractivity contribution in [2.45, 2.75) is 50.3 Å². The van der Waals surface area contributed by atoms with Crippen molar-refractivity contribution in [3.8, 4) is 0 Å². The van der Waals surface area contributed by atoms with Gasteiger partial charge >= 0.3 is 0 Å². The molecule has 1 aromatic rings. The van der Waals surface area contributed by atoms with E-state index in [1.54, 1.807) is 0 Å². The van der Waals surface area contributed by atoms with E-state index < -0.39 is 0 Å². The third-order valence-corrected chi connectivity index (χ3v) is 5.66. The van der Waals surface area contributed by atoms with Crippen molar-refractivity contribution in [1.29, 1.82) is 0 Å². The molecule has 0 saturated heterocycles. The van der Waals surface area contributed by atoms with Gasteiger partial charge in [0.25, 0.3) is 0 Å². The van der Waals surface area contributed by atoms with E-state index >= 15 is 0 Å². The molecule has 2 rings (SSSR count). The van der Waals surface area contributed by atoms with E-state index in [0.29, 0.717) is 5.84 Å². The highest BCUT2D eigenvalue weighted by Crippen LogP contribution is 2.53. The van der Waals surface area contributed by atoms with Crippen molar-refractivity contribution in [3.63, 3.8) is 0 Å². The number of aliphatic hydroxyl groups is 1. The van der Waals surface area contributed by atoms with Gasteiger partial charge in [-0.05, 0) is 63.6 Å². The first-order valence-electron chi connectivity index (χ1n) is 8.45. The van der Waals surface area contributed by atoms with Crippen LogP contribution in [-0.4, -0.2) is 34.1 Å². The molecule has 0 aromatic heterocycles. The molecule has 1 aliphatic rings. The lowest BCUT2D eigenvalue weighted by atomic mass is 10.1. The van der Waals surface area contributed by atoms with E-state index in [1.807, 2.05) is 49.9 Å². The molecule has 1 aromatic carbocycles. The second-order valence-corrected chi connectivity index (χ2v) is 8.13. The van der Waals surface area contributed by atoms with Crippen LogP contribution in [0.25, 0.3) is 0 Å². The van der Waals surface area contributed by atoms with E-state index in [1.165, 1.54) is 12.8 Å². The molecule has 0 unspecified atom stereocenters. The number of rotatable bonds is 8. The molecule has 0 amide bonds. The maximum atomic E-state index is 9.34. The van der Waals surface area contributed by atoms with Gasteiger partial charge in [0.05, 0.1) is 22.6 Å². The van der Waals surface area contributed by atoms with Crippen LogP contribution >= 0.6 is 11.8 Å². The number of nitrogens with one attached hydrogen (secondary N) is 1. The summed E-state index contributed by atoms with van der Waals surface area (Å²) in [6, 6.07) is 7.88. The SMILES string of the molecule is CC/C=C(\N=C(N)c1ccc(NC(C)(C)CO)cc1)C1(SC)CC1. The molecular weight excluding hydrogens is 318 g/mol. The molecule has 1 fully saturated rings. The smallest absolute Gasteiger partial charge is 0.130 e. The Morgan fingerprint density at radius 1 is 1.38 bits per heavy atom. The number of aliphatic hydroxyl groups excluding tert-OH is 1. The van der Waals surface area contributed by atoms with Gasteiger partial charge in [-0.15, -0.1) is 0 Å². The maximum Gasteiger partial charge on any atom is 0.130 e. The summed E-state index contributed by atoms with van der Waals surface area (Å²) >= 11 is 1.87. The quantitative estimate of drug-likeness (QED) is 0.494. The van der Waals surface area contributed by atoms with Crippen LogP contribution < -0.4 is 11.1 Å². The fourth-order valence-electron chi connectivity index (χ4n) is 2.55. The normalized spacial score (nSPS) is 17.7. The number of hydrogen-bond donors (Lipinski definition) is 3. The molecular formula is C19H29N3OS. The third-order valence-electron chi connectivity index (χ3n) is 4.26. The van der Waals surface area contributed by atoms with Gasteiger partial charge in [-0.2, -0.15) is 11.8 Å². The van der Waals surface area contributed by atoms with Crippen LogP contribution in [0.1, 0.15) is 45.6 Å². The molecule has 5 heteroatoms. The molecule has 0 radical (unpaired) electrons. The van der Waals surface area contributed by atoms with Gasteiger partial charge < -0.3 is 16.2 Å². The lowest BCUT2D eigenvalue weighted by Crippen LogP contribution is -2.34. The summed E-state index contributed by atoms with van der Waals surface area (Å²) in [5.41, 5.74) is 8.88. The van der Waals surface area contributed by atoms with Gasteiger partial charge in [0, 0.05) is 11.3 Å². The molecule has 0 bridgehead atoms. The summed E-state index contributed by atoms with van der Waals surface area (Å²) in [6.45, 7) is 6.11. The molecule has 1 saturated carbocycles. The van der Waals surface area contributed by atoms with Crippen molar-refractivity contribution >= 4 is 23.3 Å². The van der Waals surface area contributed by atoms with Gasteiger partial charge in [-0.1, -0.05) is 13.0 Å². The Labute approximate surface area is 149 Å². The van der Waals surface area contributed by atoms with Crippen molar-refractivity contribution in [2.75, 3.05) is 18.2 Å². The number of allylic oxidation sites excluding steroid dienone is 1. The highest BCUT2D eigenvalue weighted by Gasteiger charge is 2.45. The van der Waals surface area contributed by atoms with Crippen LogP contribution in [-0.2, 0) is 0 Å². The van der Waals surface area contributed by atoms with Crippen LogP contribution in [0, 0.1) is 0 Å². The number of thioether (sulfide) groups is 1. The minimum atomic E-state index is -0.352. The summed E-state index contributed by atoms with van der Waals surface area (Å²) in [4.78, 5) is 4.74. The second kappa shape index (κ2) is 7.62. The van der Waals surface area contributed by atoms with Crippen LogP contribution in [0.15, 0.2) is 41.0 Å². The first-order valence-corrected chi connectivity index (χ1v) is 9.68. The lowest BCUT2D eigenvalue weighted by molar-refractivity contribution is 0.234. The third kappa shape index (κ3) is 4.54. The Balaban J connectivity index is 2.17. The van der Waals surface area contributed by atoms with Gasteiger partial charge in [-0.3, -0.25) is 0 Å². The van der Waals surface area contributed by atoms with Gasteiger partial charge in [0.2, 0.25) is 0 Å². The number of amidine groups is 1. The van der Waals surface area contributed by atoms with Crippen molar-refractivity contribution in [2.24, 2.45) is 10.7 Å². The first kappa shape index (κ1) is 18.9. The van der Waals surface area contributed by atoms with Gasteiger partial charge in [-0.25, -0.2) is 4.99 Å². The van der Waals surface area contributed by atoms with Crippen molar-refractivity contribution in [3.05, 3.63) is 41.6 Å². The van der Waals surface area contributed by atoms with E-state index in [-0.39, 0.29) is 16.9 Å². The highest BCUT2D eigenvalue weighted by atomic mass is 32.2. The number of anilines is 1. The molecule has 24 heavy (non-hydrogen) atoms. The largest absolute Gasteiger partial charge is 0.394 e. The number of hydrogen-bond acceptors (Lipinski definition) is 4. The first-order chi connectivity index (χ1) is 11.4. The Hall–Kier alpha value is -1.46. The molecule has 0 atom stereocenters. The van der Waals surface area contributed by atoms with Crippen LogP contribution in [0.3, 0.4) is 0 Å². The minimum Gasteiger partial charge on any atom is -0.394 e. The summed E-state index contributed by atoms with van der Waals surface area (Å²) in [5, 5.41) is 12.6. The standard InChI is InChI=1S/C19H29N3OS/c1-5-6-16(19(24-4)11-12-19)21-17(20)14-7-9-15(10-8-14)22-18(2,3)13-23/h6-10,22-23H,5,11-13H2,1-4H3,(H2,20,21)/b16-6-. The van der Waals surface area contributed by atoms with Crippen LogP contribution in [0.4, 0.5) is 5.69 Å². The number of nitrogens with two attached hydrogens (primary N) is 1. The molecule has 132 valence electrons. The van der Waals surface area contributed by atoms with E-state index in [9.17, 15) is 5.11 Å². The molecule has 0 spiro atoms. The Bertz CT molecular complexity index is 616. The van der Waals surface area contributed by atoms with E-state index in [4.69, 9.17) is 10.7 Å². The van der Waals surface area contributed by atoms with Crippen LogP contribution in [0.2, 0.25) is 0 Å². The Kier molecular flexibility index (Phi) is 5.99. The van der Waals surface area contributed by atoms with Crippen molar-refractivity contribution < 1.29 is 5.11 Å². The van der Waals surface area contributed by atoms with Crippen LogP contribution in [0.5, 0.6) is 0 Å². The average molecular weight is 348 g/mol. The second-order valence-electron chi connectivity index (χ2n) is 6.94. The van der Waals surface area contributed by atoms with Crippen molar-refractivity contribution in [1.82, 2.24) is 0 Å². The Morgan fingerprint density at radius 3 is 2.46 bits per heavy atom. The molecule has 0 aliphatic heterocycles. The summed E-state index contributed by atoms with van der Waals surface area (Å²) < 4.78 is 0.174. The number of aliphatic imine (C=N–C) groups is 1. The van der Waals surface area contributed by atoms with Gasteiger partial charge in [0.1, 0.15) is 5.84 Å². The number of nitrogens with zero attached hydrogens (tertiary/aromatic N) is 1. The Morgan fingerprint density at radius 2 is 2.00 bits per heavy atom. The minimum absolute atomic E-state index is 0.0697. The number of benzene rings is 1. The summed E-state index contributed by atoms with van der Waals surface area (Å²) in [5.74, 6) is 0.558. The summed E-state index contributed by atoms with van der Waals surface area (Å²) in [6.07, 6.45) is 7.65. The van der Waals surface area contributed by atoms with Gasteiger partial charge in [0.15, 0.2) is 0 Å². The predicted octanol–water partition coefficient (Wildman–Crippen LogP) is 3.76. The predicted molar refractivity (Wildman–Crippen MR) is 106 cm³/mol. The zero-order chi connectivity index (χ0) is 17.8. The molecule has 0 heterocycles. The molecule has 4 nitrogen and oxygen atoms in total. The zero-order valence-electron chi connectivity index (χ0n) is 15.1. The monoisotopic (exact) mass is 347 g/mol. The highest BCUT2D eigenvalue weighted by molar-refractivity contribution is 8.00. The lowest BCUT2D eigenvalue weighted by Gasteiger charge is -2.25. The van der Waals surface area contributed by atoms with E-state index in [0.717, 1.165) is 23.4 Å². The average Bonchev–Trinajstić information content (AvgIpc) is 3.36. The zero-order valence-corrected chi connectivity index (χ0v) is 15.9. The fraction of sp³-hybridized carbons (Fsp3) is 0.526.